The van der Waals surface area contributed by atoms with Crippen molar-refractivity contribution in [2.45, 2.75) is 27.2 Å². The van der Waals surface area contributed by atoms with Crippen LogP contribution in [0, 0.1) is 0 Å². The van der Waals surface area contributed by atoms with Crippen LogP contribution in [-0.4, -0.2) is 76.2 Å². The standard InChI is InChI=1S/C27H36N2O6.ClH/c1-5-33-24-18-21(19-25(34-6-2)26(24)35-7-3)27(31)29-15-13-28(14-16-29)12-11-23(30)20-9-8-10-22(17-20)32-4;/h8-10,17-19H,5-7,11-16H2,1-4H3;1H. The van der Waals surface area contributed by atoms with Gasteiger partial charge >= 0.3 is 0 Å². The fourth-order valence-electron chi connectivity index (χ4n) is 4.20. The van der Waals surface area contributed by atoms with Crippen molar-refractivity contribution < 1.29 is 45.8 Å². The van der Waals surface area contributed by atoms with Crippen molar-refractivity contribution in [2.75, 3.05) is 59.7 Å². The van der Waals surface area contributed by atoms with Gasteiger partial charge in [-0.15, -0.1) is 0 Å². The van der Waals surface area contributed by atoms with Gasteiger partial charge in [-0.1, -0.05) is 12.1 Å². The van der Waals surface area contributed by atoms with E-state index in [1.807, 2.05) is 43.9 Å². The number of ketones is 1. The maximum absolute atomic E-state index is 13.3. The summed E-state index contributed by atoms with van der Waals surface area (Å²) in [5.41, 5.74) is 1.19. The Labute approximate surface area is 219 Å². The molecule has 9 heteroatoms. The number of methoxy groups -OCH3 is 1. The summed E-state index contributed by atoms with van der Waals surface area (Å²) in [6, 6.07) is 10.7. The van der Waals surface area contributed by atoms with Crippen molar-refractivity contribution in [3.8, 4) is 23.0 Å². The first kappa shape index (κ1) is 29.3. The molecule has 0 aromatic heterocycles. The number of amides is 1. The second kappa shape index (κ2) is 14.6. The molecular formula is C27H37ClN2O6. The number of carbonyl (C=O) groups excluding carboxylic acids is 2. The van der Waals surface area contributed by atoms with E-state index in [1.54, 1.807) is 25.3 Å². The van der Waals surface area contributed by atoms with E-state index in [0.29, 0.717) is 73.5 Å². The van der Waals surface area contributed by atoms with Crippen molar-refractivity contribution in [1.29, 1.82) is 0 Å². The molecule has 2 aromatic rings. The van der Waals surface area contributed by atoms with Crippen LogP contribution in [-0.2, 0) is 0 Å². The number of rotatable bonds is 12. The zero-order valence-corrected chi connectivity index (χ0v) is 22.4. The molecule has 0 unspecified atom stereocenters. The fourth-order valence-corrected chi connectivity index (χ4v) is 4.20. The molecule has 1 saturated heterocycles. The van der Waals surface area contributed by atoms with Gasteiger partial charge in [0, 0.05) is 11.1 Å². The summed E-state index contributed by atoms with van der Waals surface area (Å²) >= 11 is 0. The smallest absolute Gasteiger partial charge is 0.254 e. The first-order valence-corrected chi connectivity index (χ1v) is 12.4. The van der Waals surface area contributed by atoms with E-state index < -0.39 is 0 Å². The normalized spacial score (nSPS) is 13.5. The van der Waals surface area contributed by atoms with Crippen LogP contribution in [0.2, 0.25) is 0 Å². The predicted octanol–water partition coefficient (Wildman–Crippen LogP) is -0.491. The third-order valence-electron chi connectivity index (χ3n) is 6.01. The molecule has 0 atom stereocenters. The van der Waals surface area contributed by atoms with Crippen LogP contribution in [0.4, 0.5) is 0 Å². The molecule has 1 aliphatic heterocycles. The zero-order valence-electron chi connectivity index (χ0n) is 21.6. The van der Waals surface area contributed by atoms with Crippen molar-refractivity contribution in [1.82, 2.24) is 4.90 Å². The van der Waals surface area contributed by atoms with Gasteiger partial charge in [-0.05, 0) is 45.0 Å². The van der Waals surface area contributed by atoms with Gasteiger partial charge in [0.05, 0.1) is 66.1 Å². The molecular weight excluding hydrogens is 484 g/mol. The van der Waals surface area contributed by atoms with E-state index in [2.05, 4.69) is 0 Å². The van der Waals surface area contributed by atoms with Gasteiger partial charge in [0.15, 0.2) is 17.3 Å². The number of nitrogens with one attached hydrogen (secondary N) is 1. The molecule has 1 N–H and O–H groups in total. The third-order valence-corrected chi connectivity index (χ3v) is 6.01. The molecule has 198 valence electrons. The molecule has 1 amide bonds. The highest BCUT2D eigenvalue weighted by Crippen LogP contribution is 2.39. The van der Waals surface area contributed by atoms with E-state index in [-0.39, 0.29) is 24.1 Å². The summed E-state index contributed by atoms with van der Waals surface area (Å²) in [6.07, 6.45) is 0.463. The van der Waals surface area contributed by atoms with Crippen molar-refractivity contribution in [3.63, 3.8) is 0 Å². The number of carbonyl (C=O) groups is 2. The third kappa shape index (κ3) is 7.51. The Morgan fingerprint density at radius 2 is 1.50 bits per heavy atom. The maximum Gasteiger partial charge on any atom is 0.254 e. The average molecular weight is 521 g/mol. The van der Waals surface area contributed by atoms with Gasteiger partial charge in [0.1, 0.15) is 5.75 Å². The highest BCUT2D eigenvalue weighted by Gasteiger charge is 2.27. The quantitative estimate of drug-likeness (QED) is 0.381. The Balaban J connectivity index is 0.00000456. The monoisotopic (exact) mass is 520 g/mol. The minimum Gasteiger partial charge on any atom is -1.00 e. The summed E-state index contributed by atoms with van der Waals surface area (Å²) in [7, 11) is 1.59. The molecule has 1 heterocycles. The van der Waals surface area contributed by atoms with Crippen LogP contribution >= 0.6 is 0 Å². The number of hydrogen-bond acceptors (Lipinski definition) is 6. The summed E-state index contributed by atoms with van der Waals surface area (Å²) < 4.78 is 22.5. The molecule has 0 saturated carbocycles. The van der Waals surface area contributed by atoms with E-state index in [4.69, 9.17) is 18.9 Å². The number of nitrogens with zero attached hydrogens (tertiary/aromatic N) is 1. The van der Waals surface area contributed by atoms with Gasteiger partial charge in [0.25, 0.3) is 5.91 Å². The molecule has 1 aliphatic rings. The summed E-state index contributed by atoms with van der Waals surface area (Å²) in [5.74, 6) is 2.30. The first-order valence-electron chi connectivity index (χ1n) is 12.4. The van der Waals surface area contributed by atoms with Gasteiger partial charge in [0.2, 0.25) is 5.75 Å². The average Bonchev–Trinajstić information content (AvgIpc) is 2.89. The summed E-state index contributed by atoms with van der Waals surface area (Å²) in [5, 5.41) is 0. The molecule has 0 aliphatic carbocycles. The largest absolute Gasteiger partial charge is 1.00 e. The molecule has 8 nitrogen and oxygen atoms in total. The predicted molar refractivity (Wildman–Crippen MR) is 133 cm³/mol. The Morgan fingerprint density at radius 1 is 0.889 bits per heavy atom. The molecule has 1 fully saturated rings. The highest BCUT2D eigenvalue weighted by atomic mass is 35.5. The van der Waals surface area contributed by atoms with Crippen LogP contribution in [0.3, 0.4) is 0 Å². The summed E-state index contributed by atoms with van der Waals surface area (Å²) in [6.45, 7) is 10.7. The lowest BCUT2D eigenvalue weighted by Crippen LogP contribution is -3.14. The molecule has 0 radical (unpaired) electrons. The minimum absolute atomic E-state index is 0. The van der Waals surface area contributed by atoms with Gasteiger partial charge in [-0.2, -0.15) is 0 Å². The van der Waals surface area contributed by atoms with E-state index in [0.717, 1.165) is 19.6 Å². The molecule has 0 bridgehead atoms. The first-order chi connectivity index (χ1) is 17.0. The Hall–Kier alpha value is -2.97. The van der Waals surface area contributed by atoms with Crippen LogP contribution in [0.15, 0.2) is 36.4 Å². The van der Waals surface area contributed by atoms with E-state index in [1.165, 1.54) is 4.90 Å². The SMILES string of the molecule is CCOc1cc(C(=O)N2CC[NH+](CCC(=O)c3cccc(OC)c3)CC2)cc(OCC)c1OCC.[Cl-]. The molecule has 0 spiro atoms. The maximum atomic E-state index is 13.3. The van der Waals surface area contributed by atoms with Crippen LogP contribution in [0.25, 0.3) is 0 Å². The van der Waals surface area contributed by atoms with E-state index >= 15 is 0 Å². The van der Waals surface area contributed by atoms with Gasteiger partial charge in [-0.25, -0.2) is 0 Å². The zero-order chi connectivity index (χ0) is 25.2. The number of Topliss-reactive ketones (excluding diaryl/α,β-unsaturated/α-hetero) is 1. The second-order valence-electron chi connectivity index (χ2n) is 8.30. The summed E-state index contributed by atoms with van der Waals surface area (Å²) in [4.78, 5) is 29.1. The Morgan fingerprint density at radius 3 is 2.06 bits per heavy atom. The van der Waals surface area contributed by atoms with E-state index in [9.17, 15) is 9.59 Å². The fraction of sp³-hybridized carbons (Fsp3) is 0.481. The number of benzene rings is 2. The second-order valence-corrected chi connectivity index (χ2v) is 8.30. The van der Waals surface area contributed by atoms with Crippen molar-refractivity contribution in [2.24, 2.45) is 0 Å². The number of piperazine rings is 1. The topological polar surface area (TPSA) is 78.7 Å². The van der Waals surface area contributed by atoms with Crippen LogP contribution in [0.5, 0.6) is 23.0 Å². The van der Waals surface area contributed by atoms with Gasteiger partial charge < -0.3 is 41.2 Å². The Bertz CT molecular complexity index is 981. The number of ether oxygens (including phenoxy) is 4. The minimum atomic E-state index is -0.0542. The number of quaternary nitrogens is 1. The van der Waals surface area contributed by atoms with Gasteiger partial charge in [-0.3, -0.25) is 9.59 Å². The van der Waals surface area contributed by atoms with Crippen LogP contribution in [0.1, 0.15) is 47.9 Å². The lowest BCUT2D eigenvalue weighted by Gasteiger charge is -2.32. The lowest BCUT2D eigenvalue weighted by atomic mass is 10.1. The highest BCUT2D eigenvalue weighted by molar-refractivity contribution is 5.96. The number of hydrogen-bond donors (Lipinski definition) is 1. The Kier molecular flexibility index (Phi) is 11.8. The number of halogens is 1. The molecule has 2 aromatic carbocycles. The lowest BCUT2D eigenvalue weighted by molar-refractivity contribution is -0.903. The van der Waals surface area contributed by atoms with Crippen molar-refractivity contribution >= 4 is 11.7 Å². The van der Waals surface area contributed by atoms with Crippen LogP contribution < -0.4 is 36.3 Å². The van der Waals surface area contributed by atoms with Crippen molar-refractivity contribution in [3.05, 3.63) is 47.5 Å². The molecule has 36 heavy (non-hydrogen) atoms. The molecule has 3 rings (SSSR count).